The molecule has 4 aromatic rings. The van der Waals surface area contributed by atoms with Crippen molar-refractivity contribution in [2.24, 2.45) is 5.92 Å². The van der Waals surface area contributed by atoms with Crippen molar-refractivity contribution in [3.63, 3.8) is 0 Å². The van der Waals surface area contributed by atoms with E-state index >= 15 is 0 Å². The van der Waals surface area contributed by atoms with Crippen molar-refractivity contribution in [1.29, 1.82) is 0 Å². The second kappa shape index (κ2) is 19.5. The molecule has 52 heavy (non-hydrogen) atoms. The van der Waals surface area contributed by atoms with E-state index in [4.69, 9.17) is 4.74 Å². The molecule has 1 aliphatic rings. The molecule has 0 aliphatic carbocycles. The molecule has 2 N–H and O–H groups in total. The van der Waals surface area contributed by atoms with Gasteiger partial charge in [-0.2, -0.15) is 18.3 Å². The highest BCUT2D eigenvalue weighted by molar-refractivity contribution is 6.04. The fraction of sp³-hybridized carbons (Fsp3) is 0.487. The Hall–Kier alpha value is -4.33. The number of ether oxygens (including phenoxy) is 1. The summed E-state index contributed by atoms with van der Waals surface area (Å²) in [5.41, 5.74) is 4.63. The minimum Gasteiger partial charge on any atom is -0.383 e. The molecule has 2 aromatic heterocycles. The molecular weight excluding hydrogens is 669 g/mol. The van der Waals surface area contributed by atoms with Crippen molar-refractivity contribution < 1.29 is 22.7 Å². The summed E-state index contributed by atoms with van der Waals surface area (Å²) in [5.74, 6) is 0.822. The number of nitrogens with one attached hydrogen (secondary N) is 2. The van der Waals surface area contributed by atoms with Gasteiger partial charge in [0, 0.05) is 69.7 Å². The first-order valence-corrected chi connectivity index (χ1v) is 18.0. The van der Waals surface area contributed by atoms with Crippen molar-refractivity contribution >= 4 is 23.2 Å². The SMILES string of the molecule is CCC(C)CCc1ccc(C(=O)Nc2cc(CN3CCN(C)CC3)cc(C(F)(F)F)c2)cc1C.CCc1cnc(Nc2cnn(CCOC)c2)nc1. The molecule has 13 heteroatoms. The third-order valence-electron chi connectivity index (χ3n) is 9.32. The number of methoxy groups -OCH3 is 1. The van der Waals surface area contributed by atoms with Gasteiger partial charge in [-0.25, -0.2) is 9.97 Å². The molecule has 5 rings (SSSR count). The molecule has 1 amide bonds. The van der Waals surface area contributed by atoms with Crippen LogP contribution in [0.2, 0.25) is 0 Å². The van der Waals surface area contributed by atoms with Crippen molar-refractivity contribution in [2.45, 2.75) is 72.6 Å². The average Bonchev–Trinajstić information content (AvgIpc) is 3.58. The first-order valence-electron chi connectivity index (χ1n) is 18.0. The number of likely N-dealkylation sites (N-methyl/N-ethyl adjacent to an activating group) is 1. The van der Waals surface area contributed by atoms with E-state index in [9.17, 15) is 18.0 Å². The van der Waals surface area contributed by atoms with Gasteiger partial charge in [-0.15, -0.1) is 0 Å². The lowest BCUT2D eigenvalue weighted by Crippen LogP contribution is -2.43. The molecule has 1 unspecified atom stereocenters. The molecule has 1 fully saturated rings. The molecule has 0 spiro atoms. The standard InChI is InChI=1S/C27H36F3N3O.C12H17N5O/c1-5-19(2)6-7-22-8-9-23(14-20(22)3)26(34)31-25-16-21(15-24(17-25)27(28,29)30)18-33-12-10-32(4)11-13-33;1-3-10-6-13-12(14-7-10)16-11-8-15-17(9-11)4-5-18-2/h8-9,14-17,19H,5-7,10-13,18H2,1-4H3,(H,31,34);6-9H,3-5H2,1-2H3,(H,13,14,16). The van der Waals surface area contributed by atoms with Crippen molar-refractivity contribution in [3.8, 4) is 0 Å². The molecule has 0 saturated carbocycles. The van der Waals surface area contributed by atoms with Gasteiger partial charge in [0.05, 0.1) is 30.6 Å². The smallest absolute Gasteiger partial charge is 0.383 e. The van der Waals surface area contributed by atoms with E-state index in [1.165, 1.54) is 11.6 Å². The fourth-order valence-electron chi connectivity index (χ4n) is 5.68. The second-order valence-corrected chi connectivity index (χ2v) is 13.5. The van der Waals surface area contributed by atoms with Crippen LogP contribution in [0.15, 0.2) is 61.2 Å². The zero-order valence-electron chi connectivity index (χ0n) is 31.3. The number of halogens is 3. The first-order chi connectivity index (χ1) is 24.9. The Morgan fingerprint density at radius 1 is 0.981 bits per heavy atom. The Bertz CT molecular complexity index is 1700. The predicted molar refractivity (Wildman–Crippen MR) is 200 cm³/mol. The summed E-state index contributed by atoms with van der Waals surface area (Å²) in [6.07, 6.45) is 6.92. The predicted octanol–water partition coefficient (Wildman–Crippen LogP) is 7.62. The normalized spacial score (nSPS) is 14.4. The number of nitrogens with zero attached hydrogens (tertiary/aromatic N) is 6. The maximum Gasteiger partial charge on any atom is 0.416 e. The van der Waals surface area contributed by atoms with Crippen LogP contribution in [-0.2, 0) is 36.8 Å². The molecule has 0 radical (unpaired) electrons. The third kappa shape index (κ3) is 12.7. The summed E-state index contributed by atoms with van der Waals surface area (Å²) >= 11 is 0. The second-order valence-electron chi connectivity index (χ2n) is 13.5. The van der Waals surface area contributed by atoms with Crippen LogP contribution in [0.4, 0.5) is 30.5 Å². The van der Waals surface area contributed by atoms with Crippen molar-refractivity contribution in [2.75, 3.05) is 57.6 Å². The molecule has 1 atom stereocenters. The maximum atomic E-state index is 13.6. The van der Waals surface area contributed by atoms with Gasteiger partial charge in [-0.3, -0.25) is 14.4 Å². The van der Waals surface area contributed by atoms with Crippen LogP contribution in [0.25, 0.3) is 0 Å². The van der Waals surface area contributed by atoms with E-state index in [0.29, 0.717) is 36.1 Å². The summed E-state index contributed by atoms with van der Waals surface area (Å²) < 4.78 is 47.5. The number of carbonyl (C=O) groups excluding carboxylic acids is 1. The Labute approximate surface area is 305 Å². The Kier molecular flexibility index (Phi) is 15.2. The van der Waals surface area contributed by atoms with Crippen LogP contribution in [0.1, 0.15) is 71.8 Å². The highest BCUT2D eigenvalue weighted by atomic mass is 19.4. The number of aryl methyl sites for hydroxylation is 3. The van der Waals surface area contributed by atoms with Crippen LogP contribution in [0, 0.1) is 12.8 Å². The summed E-state index contributed by atoms with van der Waals surface area (Å²) in [5, 5.41) is 10.0. The van der Waals surface area contributed by atoms with E-state index < -0.39 is 17.6 Å². The molecule has 2 aromatic carbocycles. The summed E-state index contributed by atoms with van der Waals surface area (Å²) in [6, 6.07) is 9.38. The molecule has 282 valence electrons. The number of carbonyl (C=O) groups is 1. The summed E-state index contributed by atoms with van der Waals surface area (Å²) in [4.78, 5) is 25.7. The number of rotatable bonds is 14. The lowest BCUT2D eigenvalue weighted by molar-refractivity contribution is -0.137. The lowest BCUT2D eigenvalue weighted by Gasteiger charge is -2.32. The van der Waals surface area contributed by atoms with E-state index in [0.717, 1.165) is 81.3 Å². The Morgan fingerprint density at radius 2 is 1.71 bits per heavy atom. The molecule has 0 bridgehead atoms. The molecular formula is C39H53F3N8O2. The number of hydrogen-bond donors (Lipinski definition) is 2. The highest BCUT2D eigenvalue weighted by Crippen LogP contribution is 2.33. The minimum absolute atomic E-state index is 0.169. The minimum atomic E-state index is -4.48. The maximum absolute atomic E-state index is 13.6. The zero-order chi connectivity index (χ0) is 37.7. The van der Waals surface area contributed by atoms with Gasteiger partial charge < -0.3 is 20.3 Å². The van der Waals surface area contributed by atoms with Crippen LogP contribution < -0.4 is 10.6 Å². The number of anilines is 3. The van der Waals surface area contributed by atoms with Gasteiger partial charge in [0.15, 0.2) is 0 Å². The Morgan fingerprint density at radius 3 is 2.35 bits per heavy atom. The topological polar surface area (TPSA) is 100 Å². The van der Waals surface area contributed by atoms with Crippen LogP contribution in [0.3, 0.4) is 0 Å². The van der Waals surface area contributed by atoms with Gasteiger partial charge in [-0.05, 0) is 91.7 Å². The van der Waals surface area contributed by atoms with Crippen LogP contribution in [-0.4, -0.2) is 82.4 Å². The van der Waals surface area contributed by atoms with Crippen molar-refractivity contribution in [3.05, 3.63) is 94.6 Å². The summed E-state index contributed by atoms with van der Waals surface area (Å²) in [6.45, 7) is 13.6. The number of amides is 1. The first kappa shape index (κ1) is 40.4. The van der Waals surface area contributed by atoms with E-state index in [-0.39, 0.29) is 5.69 Å². The largest absolute Gasteiger partial charge is 0.416 e. The fourth-order valence-corrected chi connectivity index (χ4v) is 5.68. The molecule has 1 saturated heterocycles. The van der Waals surface area contributed by atoms with Gasteiger partial charge in [-0.1, -0.05) is 33.3 Å². The number of hydrogen-bond acceptors (Lipinski definition) is 8. The molecule has 1 aliphatic heterocycles. The number of benzene rings is 2. The van der Waals surface area contributed by atoms with Crippen molar-refractivity contribution in [1.82, 2.24) is 29.5 Å². The van der Waals surface area contributed by atoms with E-state index in [1.54, 1.807) is 25.4 Å². The van der Waals surface area contributed by atoms with Crippen LogP contribution in [0.5, 0.6) is 0 Å². The molecule has 10 nitrogen and oxygen atoms in total. The average molecular weight is 723 g/mol. The zero-order valence-corrected chi connectivity index (χ0v) is 31.3. The Balaban J connectivity index is 0.000000281. The number of aromatic nitrogens is 4. The third-order valence-corrected chi connectivity index (χ3v) is 9.32. The lowest BCUT2D eigenvalue weighted by atomic mass is 9.95. The quantitative estimate of drug-likeness (QED) is 0.137. The van der Waals surface area contributed by atoms with E-state index in [2.05, 4.69) is 56.3 Å². The van der Waals surface area contributed by atoms with E-state index in [1.807, 2.05) is 49.4 Å². The molecule has 3 heterocycles. The van der Waals surface area contributed by atoms with Gasteiger partial charge >= 0.3 is 6.18 Å². The van der Waals surface area contributed by atoms with Crippen LogP contribution >= 0.6 is 0 Å². The number of piperazine rings is 1. The van der Waals surface area contributed by atoms with Gasteiger partial charge in [0.25, 0.3) is 5.91 Å². The van der Waals surface area contributed by atoms with Gasteiger partial charge in [0.2, 0.25) is 5.95 Å². The monoisotopic (exact) mass is 722 g/mol. The highest BCUT2D eigenvalue weighted by Gasteiger charge is 2.31. The van der Waals surface area contributed by atoms with Gasteiger partial charge in [0.1, 0.15) is 0 Å². The summed E-state index contributed by atoms with van der Waals surface area (Å²) in [7, 11) is 3.71. The number of alkyl halides is 3.